The summed E-state index contributed by atoms with van der Waals surface area (Å²) < 4.78 is 30.7. The number of carbonyl (C=O) groups is 1. The van der Waals surface area contributed by atoms with Crippen LogP contribution in [-0.4, -0.2) is 27.2 Å². The maximum absolute atomic E-state index is 12.9. The molecule has 0 radical (unpaired) electrons. The van der Waals surface area contributed by atoms with Crippen molar-refractivity contribution < 1.29 is 23.2 Å². The normalized spacial score (nSPS) is 28.2. The van der Waals surface area contributed by atoms with Crippen LogP contribution in [0.5, 0.6) is 5.75 Å². The fourth-order valence-corrected chi connectivity index (χ4v) is 6.43. The van der Waals surface area contributed by atoms with Crippen LogP contribution in [0.25, 0.3) is 0 Å². The molecule has 2 aromatic rings. The molecule has 4 fully saturated rings. The lowest BCUT2D eigenvalue weighted by Crippen LogP contribution is -2.52. The number of alkyl halides is 2. The Morgan fingerprint density at radius 2 is 1.88 bits per heavy atom. The lowest BCUT2D eigenvalue weighted by atomic mass is 9.53. The summed E-state index contributed by atoms with van der Waals surface area (Å²) >= 11 is 5.93. The van der Waals surface area contributed by atoms with Crippen molar-refractivity contribution in [3.05, 3.63) is 45.2 Å². The van der Waals surface area contributed by atoms with E-state index < -0.39 is 17.4 Å². The Labute approximate surface area is 187 Å². The Kier molecular flexibility index (Phi) is 5.07. The minimum absolute atomic E-state index is 0.128. The van der Waals surface area contributed by atoms with Crippen LogP contribution in [0.4, 0.5) is 20.2 Å². The summed E-state index contributed by atoms with van der Waals surface area (Å²) in [7, 11) is 0. The number of nitro groups is 1. The first-order valence-electron chi connectivity index (χ1n) is 10.5. The first-order valence-corrected chi connectivity index (χ1v) is 10.9. The predicted octanol–water partition coefficient (Wildman–Crippen LogP) is 5.22. The van der Waals surface area contributed by atoms with Gasteiger partial charge in [-0.05, 0) is 74.5 Å². The number of nitrogens with zero attached hydrogens (tertiary/aromatic N) is 3. The van der Waals surface area contributed by atoms with Gasteiger partial charge < -0.3 is 10.1 Å². The van der Waals surface area contributed by atoms with Crippen LogP contribution in [0.3, 0.4) is 0 Å². The molecule has 4 saturated carbocycles. The first-order chi connectivity index (χ1) is 15.2. The van der Waals surface area contributed by atoms with Gasteiger partial charge in [-0.3, -0.25) is 19.6 Å². The van der Waals surface area contributed by atoms with Gasteiger partial charge in [0.15, 0.2) is 0 Å². The average molecular weight is 467 g/mol. The number of rotatable bonds is 6. The fraction of sp³-hybridized carbons (Fsp3) is 0.524. The van der Waals surface area contributed by atoms with E-state index in [9.17, 15) is 23.7 Å². The molecule has 0 aliphatic heterocycles. The van der Waals surface area contributed by atoms with Crippen LogP contribution in [0.15, 0.2) is 24.4 Å². The largest absolute Gasteiger partial charge is 0.433 e. The molecule has 4 bridgehead atoms. The number of hydrogen-bond donors (Lipinski definition) is 1. The van der Waals surface area contributed by atoms with Crippen molar-refractivity contribution in [2.45, 2.75) is 50.7 Å². The van der Waals surface area contributed by atoms with Crippen molar-refractivity contribution in [3.8, 4) is 5.75 Å². The molecule has 1 aromatic carbocycles. The smallest absolute Gasteiger partial charge is 0.387 e. The Morgan fingerprint density at radius 3 is 2.41 bits per heavy atom. The molecule has 1 amide bonds. The molecule has 8 nitrogen and oxygen atoms in total. The summed E-state index contributed by atoms with van der Waals surface area (Å²) in [6.07, 6.45) is 7.81. The van der Waals surface area contributed by atoms with E-state index in [1.807, 2.05) is 0 Å². The molecule has 0 atom stereocenters. The number of hydrogen-bond acceptors (Lipinski definition) is 5. The molecular formula is C21H21ClF2N4O4. The molecule has 0 unspecified atom stereocenters. The number of carbonyl (C=O) groups excluding carboxylic acids is 1. The highest BCUT2D eigenvalue weighted by Crippen LogP contribution is 2.58. The van der Waals surface area contributed by atoms with E-state index in [1.165, 1.54) is 43.7 Å². The predicted molar refractivity (Wildman–Crippen MR) is 111 cm³/mol. The monoisotopic (exact) mass is 466 g/mol. The van der Waals surface area contributed by atoms with Gasteiger partial charge in [-0.1, -0.05) is 11.6 Å². The number of anilines is 1. The van der Waals surface area contributed by atoms with E-state index in [0.29, 0.717) is 17.8 Å². The second-order valence-corrected chi connectivity index (χ2v) is 9.59. The molecule has 32 heavy (non-hydrogen) atoms. The second kappa shape index (κ2) is 7.68. The minimum Gasteiger partial charge on any atom is -0.433 e. The molecule has 4 aliphatic carbocycles. The van der Waals surface area contributed by atoms with Crippen LogP contribution in [0.2, 0.25) is 5.02 Å². The standard InChI is InChI=1S/C21H21ClF2N4O4/c22-15-6-14(1-2-17(15)32-20(23)24)25-19(29)18-16(28(30)31)10-27(26-18)21-7-11-3-12(8-21)5-13(4-11)9-21/h1-2,6,10-13,20H,3-5,7-9H2,(H,25,29). The summed E-state index contributed by atoms with van der Waals surface area (Å²) in [5.41, 5.74) is -0.729. The van der Waals surface area contributed by atoms with Crippen molar-refractivity contribution in [2.24, 2.45) is 17.8 Å². The van der Waals surface area contributed by atoms with Gasteiger partial charge in [0.2, 0.25) is 5.69 Å². The zero-order valence-electron chi connectivity index (χ0n) is 17.0. The summed E-state index contributed by atoms with van der Waals surface area (Å²) in [6, 6.07) is 3.75. The highest BCUT2D eigenvalue weighted by atomic mass is 35.5. The third-order valence-corrected chi connectivity index (χ3v) is 7.30. The van der Waals surface area contributed by atoms with Crippen molar-refractivity contribution >= 4 is 28.9 Å². The lowest BCUT2D eigenvalue weighted by Gasteiger charge is -2.56. The van der Waals surface area contributed by atoms with Gasteiger partial charge in [0, 0.05) is 5.69 Å². The zero-order chi connectivity index (χ0) is 22.6. The van der Waals surface area contributed by atoms with Crippen molar-refractivity contribution in [3.63, 3.8) is 0 Å². The third-order valence-electron chi connectivity index (χ3n) is 7.00. The van der Waals surface area contributed by atoms with Gasteiger partial charge in [0.05, 0.1) is 15.5 Å². The molecule has 6 rings (SSSR count). The topological polar surface area (TPSA) is 99.3 Å². The molecule has 1 heterocycles. The van der Waals surface area contributed by atoms with E-state index in [0.717, 1.165) is 19.3 Å². The van der Waals surface area contributed by atoms with E-state index in [-0.39, 0.29) is 33.4 Å². The maximum Gasteiger partial charge on any atom is 0.387 e. The average Bonchev–Trinajstić information content (AvgIpc) is 3.16. The summed E-state index contributed by atoms with van der Waals surface area (Å²) in [5, 5.41) is 18.5. The van der Waals surface area contributed by atoms with Crippen molar-refractivity contribution in [1.82, 2.24) is 9.78 Å². The number of halogens is 3. The molecule has 0 spiro atoms. The Morgan fingerprint density at radius 1 is 1.25 bits per heavy atom. The fourth-order valence-electron chi connectivity index (χ4n) is 6.21. The van der Waals surface area contributed by atoms with Gasteiger partial charge in [-0.15, -0.1) is 0 Å². The van der Waals surface area contributed by atoms with Gasteiger partial charge in [-0.25, -0.2) is 0 Å². The Hall–Kier alpha value is -2.75. The number of aromatic nitrogens is 2. The molecule has 11 heteroatoms. The van der Waals surface area contributed by atoms with Crippen LogP contribution in [0.1, 0.15) is 49.0 Å². The number of amides is 1. The van der Waals surface area contributed by atoms with Gasteiger partial charge in [0.25, 0.3) is 5.91 Å². The van der Waals surface area contributed by atoms with Crippen LogP contribution in [0, 0.1) is 27.9 Å². The highest BCUT2D eigenvalue weighted by Gasteiger charge is 2.53. The number of ether oxygens (including phenoxy) is 1. The van der Waals surface area contributed by atoms with Gasteiger partial charge in [-0.2, -0.15) is 13.9 Å². The third kappa shape index (κ3) is 3.70. The molecular weight excluding hydrogens is 446 g/mol. The van der Waals surface area contributed by atoms with E-state index in [1.54, 1.807) is 4.68 Å². The molecule has 0 saturated heterocycles. The van der Waals surface area contributed by atoms with Gasteiger partial charge >= 0.3 is 12.3 Å². The summed E-state index contributed by atoms with van der Waals surface area (Å²) in [4.78, 5) is 23.9. The minimum atomic E-state index is -3.04. The maximum atomic E-state index is 12.9. The molecule has 170 valence electrons. The molecule has 1 aromatic heterocycles. The second-order valence-electron chi connectivity index (χ2n) is 9.18. The SMILES string of the molecule is O=C(Nc1ccc(OC(F)F)c(Cl)c1)c1nn(C23CC4CC(CC(C4)C2)C3)cc1[N+](=O)[O-]. The van der Waals surface area contributed by atoms with Crippen molar-refractivity contribution in [2.75, 3.05) is 5.32 Å². The van der Waals surface area contributed by atoms with Crippen LogP contribution in [-0.2, 0) is 5.54 Å². The number of benzene rings is 1. The zero-order valence-corrected chi connectivity index (χ0v) is 17.7. The molecule has 1 N–H and O–H groups in total. The van der Waals surface area contributed by atoms with E-state index in [4.69, 9.17) is 11.6 Å². The van der Waals surface area contributed by atoms with Crippen LogP contribution < -0.4 is 10.1 Å². The first kappa shape index (κ1) is 21.1. The summed E-state index contributed by atoms with van der Waals surface area (Å²) in [5.74, 6) is 0.823. The Bertz CT molecular complexity index is 1050. The van der Waals surface area contributed by atoms with E-state index >= 15 is 0 Å². The molecule has 4 aliphatic rings. The van der Waals surface area contributed by atoms with Gasteiger partial charge in [0.1, 0.15) is 11.9 Å². The van der Waals surface area contributed by atoms with Crippen molar-refractivity contribution in [1.29, 1.82) is 0 Å². The summed E-state index contributed by atoms with van der Waals surface area (Å²) in [6.45, 7) is -3.04. The highest BCUT2D eigenvalue weighted by molar-refractivity contribution is 6.32. The number of nitrogens with one attached hydrogen (secondary N) is 1. The van der Waals surface area contributed by atoms with Crippen LogP contribution >= 0.6 is 11.6 Å². The quantitative estimate of drug-likeness (QED) is 0.464. The van der Waals surface area contributed by atoms with E-state index in [2.05, 4.69) is 15.2 Å². The lowest BCUT2D eigenvalue weighted by molar-refractivity contribution is -0.385. The Balaban J connectivity index is 1.41.